The fraction of sp³-hybridized carbons (Fsp3) is 0.682. The van der Waals surface area contributed by atoms with Gasteiger partial charge >= 0.3 is 129 Å². The fourth-order valence-electron chi connectivity index (χ4n) is 7.21. The Hall–Kier alpha value is -0.890. The smallest absolute Gasteiger partial charge is 0.186 e. The summed E-state index contributed by atoms with van der Waals surface area (Å²) in [6.45, 7) is 11.9. The molecular weight excluding hydrogens is 889 g/mol. The zero-order valence-electron chi connectivity index (χ0n) is 37.6. The van der Waals surface area contributed by atoms with Crippen molar-refractivity contribution in [1.82, 2.24) is 4.90 Å². The molecule has 2 saturated heterocycles. The van der Waals surface area contributed by atoms with Gasteiger partial charge in [0.05, 0.1) is 13.2 Å². The first-order chi connectivity index (χ1) is 30.2. The summed E-state index contributed by atoms with van der Waals surface area (Å²) in [7, 11) is 1.19. The molecule has 361 valence electrons. The Kier molecular flexibility index (Phi) is 33.7. The van der Waals surface area contributed by atoms with Crippen molar-refractivity contribution in [3.63, 3.8) is 0 Å². The molecule has 8 N–H and O–H groups in total. The Morgan fingerprint density at radius 3 is 2.14 bits per heavy atom. The molecule has 2 heterocycles. The molecule has 0 aliphatic carbocycles. The minimum atomic E-state index is -1.51. The van der Waals surface area contributed by atoms with Crippen molar-refractivity contribution in [2.75, 3.05) is 39.5 Å². The van der Waals surface area contributed by atoms with Gasteiger partial charge in [0.2, 0.25) is 0 Å². The Morgan fingerprint density at radius 2 is 1.56 bits per heavy atom. The van der Waals surface area contributed by atoms with Crippen LogP contribution in [0, 0.1) is 49.6 Å². The first-order valence-corrected chi connectivity index (χ1v) is 23.7. The second-order valence-electron chi connectivity index (χ2n) is 16.0. The zero-order valence-corrected chi connectivity index (χ0v) is 40.2. The average Bonchev–Trinajstić information content (AvgIpc) is 3.29. The van der Waals surface area contributed by atoms with E-state index in [1.807, 2.05) is 55.5 Å². The van der Waals surface area contributed by atoms with Crippen LogP contribution in [0.3, 0.4) is 0 Å². The molecule has 64 heavy (non-hydrogen) atoms. The Labute approximate surface area is 418 Å². The maximum Gasteiger partial charge on any atom is 0.186 e. The topological polar surface area (TPSA) is 239 Å². The van der Waals surface area contributed by atoms with Crippen molar-refractivity contribution in [3.8, 4) is 0 Å². The fourth-order valence-corrected chi connectivity index (χ4v) is 9.08. The largest absolute Gasteiger partial charge is 0.396 e. The van der Waals surface area contributed by atoms with Crippen molar-refractivity contribution < 1.29 is 102 Å². The number of esters is 1. The van der Waals surface area contributed by atoms with Crippen LogP contribution in [0.2, 0.25) is 0 Å². The molecular formula is C44H72ArB2N2O13PS. The van der Waals surface area contributed by atoms with Crippen molar-refractivity contribution in [2.45, 2.75) is 139 Å². The van der Waals surface area contributed by atoms with E-state index in [0.29, 0.717) is 34.1 Å². The summed E-state index contributed by atoms with van der Waals surface area (Å²) in [5, 5.41) is 56.4. The van der Waals surface area contributed by atoms with Crippen LogP contribution < -0.4 is 5.73 Å². The minimum Gasteiger partial charge on any atom is -0.396 e. The average molecular weight is 962 g/mol. The van der Waals surface area contributed by atoms with Gasteiger partial charge in [-0.1, -0.05) is 60.7 Å². The van der Waals surface area contributed by atoms with Crippen molar-refractivity contribution >= 4 is 46.8 Å². The van der Waals surface area contributed by atoms with E-state index in [1.54, 1.807) is 6.89 Å². The molecule has 2 aliphatic rings. The second kappa shape index (κ2) is 35.3. The minimum absolute atomic E-state index is 0. The standard InChI is InChI=1S/C20H25NO2.C12H22B2O4PS.C12H25NO7.Ar/c22-15-9-3-8-14-21(16-18-10-4-1-5-11-18)17-20(23)19-12-6-2-7-13-19;1-5-6(2)9-11(19-14-13-16)7(3)10(12(20)18-9)17-8(4)15;13-4-2-1-3-5-19-12-10(18)8(16)9(17)11(20-12)7(15)6-14;/h1-2,4-7,10-13,22H,3,8-9,14-17H2;6-7,9-12,19-20H,5H2,1-4H3;7-12,14-18H,1-6,13H2;/t;6-,7+,9?,10?,11-,12?;7-,8-,9-,10?,11?,12-;/m.00./s1. The number of unbranched alkanes of at least 4 members (excludes halogenated alkanes) is 4. The Balaban J connectivity index is 0.000000478. The van der Waals surface area contributed by atoms with Crippen molar-refractivity contribution in [2.24, 2.45) is 17.6 Å². The molecule has 2 aromatic carbocycles. The number of thiol groups is 1. The van der Waals surface area contributed by atoms with Crippen LogP contribution in [0.15, 0.2) is 60.7 Å². The van der Waals surface area contributed by atoms with E-state index >= 15 is 0 Å². The predicted octanol–water partition coefficient (Wildman–Crippen LogP) is 2.71. The summed E-state index contributed by atoms with van der Waals surface area (Å²) < 4.78 is 32.5. The number of aliphatic hydroxyl groups is 6. The van der Waals surface area contributed by atoms with Gasteiger partial charge in [0.1, 0.15) is 30.5 Å². The number of ketones is 1. The van der Waals surface area contributed by atoms with Gasteiger partial charge in [-0.15, -0.1) is 0 Å². The van der Waals surface area contributed by atoms with Gasteiger partial charge in [0.15, 0.2) is 12.1 Å². The predicted molar refractivity (Wildman–Crippen MR) is 248 cm³/mol. The van der Waals surface area contributed by atoms with E-state index < -0.39 is 48.9 Å². The Morgan fingerprint density at radius 1 is 0.922 bits per heavy atom. The second-order valence-corrected chi connectivity index (χ2v) is 17.8. The number of carbonyl (C=O) groups excluding carboxylic acids is 2. The third kappa shape index (κ3) is 22.0. The van der Waals surface area contributed by atoms with E-state index in [1.165, 1.54) is 12.5 Å². The number of benzene rings is 2. The van der Waals surface area contributed by atoms with Crippen LogP contribution in [-0.4, -0.2) is 161 Å². The molecule has 0 spiro atoms. The van der Waals surface area contributed by atoms with Crippen LogP contribution in [0.4, 0.5) is 0 Å². The van der Waals surface area contributed by atoms with Crippen molar-refractivity contribution in [1.29, 1.82) is 0 Å². The molecule has 1 radical (unpaired) electrons. The van der Waals surface area contributed by atoms with Gasteiger partial charge in [0, 0.05) is 63.1 Å². The number of hydrogen-bond donors (Lipinski definition) is 8. The summed E-state index contributed by atoms with van der Waals surface area (Å²) in [6.07, 6.45) is -2.23. The normalized spacial score (nSPS) is 26.3. The molecule has 2 fully saturated rings. The van der Waals surface area contributed by atoms with E-state index in [-0.39, 0.29) is 79.9 Å². The number of nitrogens with two attached hydrogens (primary N) is 1. The van der Waals surface area contributed by atoms with Crippen LogP contribution >= 0.6 is 21.1 Å². The summed E-state index contributed by atoms with van der Waals surface area (Å²) in [4.78, 5) is 25.9. The van der Waals surface area contributed by atoms with Gasteiger partial charge < -0.3 is 45.8 Å². The van der Waals surface area contributed by atoms with Gasteiger partial charge in [-0.25, -0.2) is 0 Å². The number of nitrogens with zero attached hydrogens (tertiary/aromatic N) is 1. The molecule has 0 aromatic heterocycles. The summed E-state index contributed by atoms with van der Waals surface area (Å²) >= 11 is 4.44. The van der Waals surface area contributed by atoms with Crippen molar-refractivity contribution in [3.05, 3.63) is 71.8 Å². The van der Waals surface area contributed by atoms with Crippen LogP contribution in [-0.2, 0) is 35.0 Å². The Bertz CT molecular complexity index is 1540. The molecule has 0 saturated carbocycles. The molecule has 2 aromatic rings. The zero-order chi connectivity index (χ0) is 46.7. The van der Waals surface area contributed by atoms with Crippen LogP contribution in [0.1, 0.15) is 88.6 Å². The van der Waals surface area contributed by atoms with Gasteiger partial charge in [-0.3, -0.25) is 9.69 Å². The van der Waals surface area contributed by atoms with Crippen LogP contribution in [0.5, 0.6) is 0 Å². The van der Waals surface area contributed by atoms with E-state index in [0.717, 1.165) is 70.6 Å². The van der Waals surface area contributed by atoms with E-state index in [9.17, 15) is 34.7 Å². The first kappa shape index (κ1) is 61.1. The monoisotopic (exact) mass is 961 g/mol. The molecule has 20 heteroatoms. The number of rotatable bonds is 24. The molecule has 15 nitrogen and oxygen atoms in total. The third-order valence-corrected chi connectivity index (χ3v) is 13.0. The quantitative estimate of drug-likeness (QED) is 0.0189. The molecule has 6 unspecified atom stereocenters. The molecule has 4 rings (SSSR count). The van der Waals surface area contributed by atoms with Gasteiger partial charge in [-0.05, 0) is 57.2 Å². The number of hydrogen-bond acceptors (Lipinski definition) is 16. The van der Waals surface area contributed by atoms with Crippen LogP contribution in [0.25, 0.3) is 0 Å². The summed E-state index contributed by atoms with van der Waals surface area (Å²) in [5.41, 5.74) is 7.11. The van der Waals surface area contributed by atoms with E-state index in [4.69, 9.17) is 34.9 Å². The third-order valence-electron chi connectivity index (χ3n) is 11.0. The molecule has 2 aliphatic heterocycles. The molecule has 0 amide bonds. The maximum atomic E-state index is 12.5. The maximum absolute atomic E-state index is 12.5. The number of aliphatic hydroxyl groups excluding tert-OH is 6. The summed E-state index contributed by atoms with van der Waals surface area (Å²) in [6, 6.07) is 19.7. The SMILES string of the molecule is CC[C@H](C)C1OC(S)C(OC(C)=O)[C@@H](C)[C@@H]1P[B]B=O.NCCCCCO[C@H]1OC([C@@H](O)CO)[C@@H](O)[C@H](O)C1O.O=C(CN(CCCCCO)Cc1ccccc1)c1ccccc1.[Ar]. The number of carbonyl (C=O) groups is 2. The van der Waals surface area contributed by atoms with Gasteiger partial charge in [0.25, 0.3) is 0 Å². The first-order valence-electron chi connectivity index (χ1n) is 22.0. The van der Waals surface area contributed by atoms with Gasteiger partial charge in [-0.2, -0.15) is 0 Å². The number of ether oxygens (including phenoxy) is 4. The number of Topliss-reactive ketones (excluding diaryl/α,β-unsaturated/α-hetero) is 1. The van der Waals surface area contributed by atoms with E-state index in [2.05, 4.69) is 43.5 Å². The molecule has 0 bridgehead atoms. The molecule has 13 atom stereocenters. The summed E-state index contributed by atoms with van der Waals surface area (Å²) in [5.74, 6) is 0.322.